The normalized spacial score (nSPS) is 13.9. The summed E-state index contributed by atoms with van der Waals surface area (Å²) in [6.07, 6.45) is 2.84. The Balaban J connectivity index is 1.41. The Morgan fingerprint density at radius 1 is 1.11 bits per heavy atom. The Labute approximate surface area is 157 Å². The fourth-order valence-corrected chi connectivity index (χ4v) is 4.14. The first-order valence-electron chi connectivity index (χ1n) is 9.22. The molecule has 5 heteroatoms. The van der Waals surface area contributed by atoms with Gasteiger partial charge in [0.25, 0.3) is 0 Å². The van der Waals surface area contributed by atoms with E-state index in [1.165, 1.54) is 16.6 Å². The van der Waals surface area contributed by atoms with E-state index < -0.39 is 0 Å². The van der Waals surface area contributed by atoms with Crippen LogP contribution in [0.3, 0.4) is 0 Å². The molecule has 0 aliphatic carbocycles. The summed E-state index contributed by atoms with van der Waals surface area (Å²) in [5.74, 6) is 0.978. The number of fused-ring (bicyclic) bond motifs is 4. The van der Waals surface area contributed by atoms with E-state index in [0.29, 0.717) is 13.1 Å². The monoisotopic (exact) mass is 359 g/mol. The van der Waals surface area contributed by atoms with E-state index in [9.17, 15) is 4.79 Å². The van der Waals surface area contributed by atoms with Gasteiger partial charge in [0.05, 0.1) is 12.6 Å². The molecule has 2 aromatic heterocycles. The van der Waals surface area contributed by atoms with Gasteiger partial charge in [-0.2, -0.15) is 0 Å². The number of methoxy groups -OCH3 is 1. The van der Waals surface area contributed by atoms with Gasteiger partial charge < -0.3 is 19.2 Å². The fraction of sp³-hybridized carbons (Fsp3) is 0.227. The summed E-state index contributed by atoms with van der Waals surface area (Å²) in [7, 11) is 1.67. The van der Waals surface area contributed by atoms with Crippen LogP contribution in [-0.4, -0.2) is 34.0 Å². The molecule has 2 aromatic carbocycles. The number of amides is 1. The van der Waals surface area contributed by atoms with Crippen LogP contribution >= 0.6 is 0 Å². The van der Waals surface area contributed by atoms with Crippen LogP contribution in [0.4, 0.5) is 0 Å². The van der Waals surface area contributed by atoms with Crippen LogP contribution in [0.1, 0.15) is 11.3 Å². The van der Waals surface area contributed by atoms with Gasteiger partial charge in [-0.3, -0.25) is 4.79 Å². The molecular weight excluding hydrogens is 338 g/mol. The van der Waals surface area contributed by atoms with Gasteiger partial charge in [-0.1, -0.05) is 24.3 Å². The number of nitrogens with zero attached hydrogens (tertiary/aromatic N) is 2. The summed E-state index contributed by atoms with van der Waals surface area (Å²) in [4.78, 5) is 18.5. The minimum absolute atomic E-state index is 0.145. The van der Waals surface area contributed by atoms with E-state index in [1.807, 2.05) is 46.0 Å². The highest BCUT2D eigenvalue weighted by molar-refractivity contribution is 5.89. The first-order chi connectivity index (χ1) is 13.2. The molecule has 3 heterocycles. The number of aromatic nitrogens is 2. The van der Waals surface area contributed by atoms with Crippen molar-refractivity contribution in [2.24, 2.45) is 0 Å². The highest BCUT2D eigenvalue weighted by Gasteiger charge is 2.24. The zero-order chi connectivity index (χ0) is 18.4. The second-order valence-corrected chi connectivity index (χ2v) is 7.03. The third-order valence-electron chi connectivity index (χ3n) is 5.53. The van der Waals surface area contributed by atoms with Crippen molar-refractivity contribution < 1.29 is 9.53 Å². The third-order valence-corrected chi connectivity index (χ3v) is 5.53. The number of aromatic amines is 1. The maximum Gasteiger partial charge on any atom is 0.242 e. The predicted molar refractivity (Wildman–Crippen MR) is 106 cm³/mol. The van der Waals surface area contributed by atoms with Crippen LogP contribution in [-0.2, 0) is 24.3 Å². The van der Waals surface area contributed by atoms with Crippen LogP contribution < -0.4 is 4.74 Å². The lowest BCUT2D eigenvalue weighted by molar-refractivity contribution is -0.132. The van der Waals surface area contributed by atoms with Gasteiger partial charge in [-0.05, 0) is 24.3 Å². The first-order valence-corrected chi connectivity index (χ1v) is 9.22. The molecule has 5 nitrogen and oxygen atoms in total. The van der Waals surface area contributed by atoms with Crippen molar-refractivity contribution in [2.45, 2.75) is 19.5 Å². The molecule has 1 amide bonds. The first kappa shape index (κ1) is 16.0. The van der Waals surface area contributed by atoms with Crippen molar-refractivity contribution in [2.75, 3.05) is 13.7 Å². The molecule has 0 bridgehead atoms. The molecule has 0 atom stereocenters. The maximum atomic E-state index is 13.0. The summed E-state index contributed by atoms with van der Waals surface area (Å²) in [5.41, 5.74) is 4.69. The Bertz CT molecular complexity index is 1160. The van der Waals surface area contributed by atoms with Gasteiger partial charge in [0.15, 0.2) is 0 Å². The van der Waals surface area contributed by atoms with Crippen molar-refractivity contribution >= 4 is 27.7 Å². The number of para-hydroxylation sites is 1. The second-order valence-electron chi connectivity index (χ2n) is 7.03. The quantitative estimate of drug-likeness (QED) is 0.606. The summed E-state index contributed by atoms with van der Waals surface area (Å²) < 4.78 is 7.43. The minimum atomic E-state index is 0.145. The molecule has 27 heavy (non-hydrogen) atoms. The number of benzene rings is 2. The lowest BCUT2D eigenvalue weighted by Crippen LogP contribution is -2.37. The van der Waals surface area contributed by atoms with Crippen LogP contribution in [0.15, 0.2) is 54.7 Å². The van der Waals surface area contributed by atoms with Crippen molar-refractivity contribution in [1.82, 2.24) is 14.5 Å². The summed E-state index contributed by atoms with van der Waals surface area (Å²) in [6.45, 7) is 1.76. The van der Waals surface area contributed by atoms with Gasteiger partial charge >= 0.3 is 0 Å². The Morgan fingerprint density at radius 3 is 2.89 bits per heavy atom. The highest BCUT2D eigenvalue weighted by Crippen LogP contribution is 2.29. The predicted octanol–water partition coefficient (Wildman–Crippen LogP) is 3.72. The van der Waals surface area contributed by atoms with E-state index in [0.717, 1.165) is 35.1 Å². The lowest BCUT2D eigenvalue weighted by Gasteiger charge is -2.27. The topological polar surface area (TPSA) is 50.3 Å². The maximum absolute atomic E-state index is 13.0. The smallest absolute Gasteiger partial charge is 0.242 e. The number of H-pyrrole nitrogens is 1. The summed E-state index contributed by atoms with van der Waals surface area (Å²) in [5, 5.41) is 2.26. The lowest BCUT2D eigenvalue weighted by atomic mass is 10.0. The molecule has 0 radical (unpaired) electrons. The van der Waals surface area contributed by atoms with Crippen LogP contribution in [0, 0.1) is 0 Å². The Hall–Kier alpha value is -3.21. The molecule has 1 N–H and O–H groups in total. The molecular formula is C22H21N3O2. The Morgan fingerprint density at radius 2 is 2.00 bits per heavy atom. The number of carbonyl (C=O) groups excluding carboxylic acids is 1. The fourth-order valence-electron chi connectivity index (χ4n) is 4.14. The molecule has 0 saturated carbocycles. The summed E-state index contributed by atoms with van der Waals surface area (Å²) >= 11 is 0. The summed E-state index contributed by atoms with van der Waals surface area (Å²) in [6, 6.07) is 16.3. The molecule has 0 saturated heterocycles. The highest BCUT2D eigenvalue weighted by atomic mass is 16.5. The van der Waals surface area contributed by atoms with Crippen LogP contribution in [0.2, 0.25) is 0 Å². The standard InChI is InChI=1S/C22H21N3O2/c1-27-21-8-4-7-20-16(21)9-11-24(20)14-22(26)25-12-10-19-17(13-25)15-5-2-3-6-18(15)23-19/h2-9,11,23H,10,12-14H2,1H3. The number of hydrogen-bond acceptors (Lipinski definition) is 2. The number of nitrogens with one attached hydrogen (secondary N) is 1. The Kier molecular flexibility index (Phi) is 3.67. The van der Waals surface area contributed by atoms with Crippen molar-refractivity contribution in [3.05, 3.63) is 66.0 Å². The zero-order valence-corrected chi connectivity index (χ0v) is 15.2. The average molecular weight is 359 g/mol. The van der Waals surface area contributed by atoms with E-state index in [1.54, 1.807) is 7.11 Å². The van der Waals surface area contributed by atoms with Gasteiger partial charge in [-0.15, -0.1) is 0 Å². The molecule has 0 fully saturated rings. The van der Waals surface area contributed by atoms with Crippen molar-refractivity contribution in [1.29, 1.82) is 0 Å². The average Bonchev–Trinajstić information content (AvgIpc) is 3.28. The van der Waals surface area contributed by atoms with E-state index >= 15 is 0 Å². The molecule has 1 aliphatic heterocycles. The van der Waals surface area contributed by atoms with Crippen LogP contribution in [0.25, 0.3) is 21.8 Å². The second kappa shape index (κ2) is 6.20. The largest absolute Gasteiger partial charge is 0.496 e. The number of carbonyl (C=O) groups is 1. The van der Waals surface area contributed by atoms with Gasteiger partial charge in [0.2, 0.25) is 5.91 Å². The number of rotatable bonds is 3. The number of ether oxygens (including phenoxy) is 1. The number of hydrogen-bond donors (Lipinski definition) is 1. The van der Waals surface area contributed by atoms with E-state index in [2.05, 4.69) is 23.2 Å². The molecule has 5 rings (SSSR count). The van der Waals surface area contributed by atoms with Gasteiger partial charge in [0, 0.05) is 53.3 Å². The molecule has 136 valence electrons. The molecule has 0 unspecified atom stereocenters. The molecule has 1 aliphatic rings. The van der Waals surface area contributed by atoms with E-state index in [-0.39, 0.29) is 5.91 Å². The van der Waals surface area contributed by atoms with Gasteiger partial charge in [-0.25, -0.2) is 0 Å². The van der Waals surface area contributed by atoms with Crippen molar-refractivity contribution in [3.63, 3.8) is 0 Å². The molecule has 0 spiro atoms. The third kappa shape index (κ3) is 2.58. The van der Waals surface area contributed by atoms with Crippen LogP contribution in [0.5, 0.6) is 5.75 Å². The molecule has 4 aromatic rings. The minimum Gasteiger partial charge on any atom is -0.496 e. The SMILES string of the molecule is COc1cccc2c1ccn2CC(=O)N1CCc2[nH]c3ccccc3c2C1. The van der Waals surface area contributed by atoms with Gasteiger partial charge in [0.1, 0.15) is 12.3 Å². The zero-order valence-electron chi connectivity index (χ0n) is 15.2. The van der Waals surface area contributed by atoms with E-state index in [4.69, 9.17) is 4.74 Å². The van der Waals surface area contributed by atoms with Crippen molar-refractivity contribution in [3.8, 4) is 5.75 Å².